The zero-order valence-electron chi connectivity index (χ0n) is 73.9. The standard InChI is InChI=1S/C30H29N5O5.C29H28N6O5.C23H21N3O6.C11H17N3O2/c1-16-10-21(14-32-17(16)2)33-29(36)23-12-20-11-22(28-18(3)34-40-19(28)4)27(39-6)13-25(20)35(30(23)37)15-24-26(38-5)8-7-9-31-24;1-15-9-19(13-32-27(15)30)33-28(36)21-11-18-10-20(26-16(2)34-40-17(26)3)25(39-5)12-23(18)35(29(21)37)14-22-24(38-4)7-6-8-31-22;1-12-21(13(2)32-25-12)15-8-14-9-16(23(28)29)22(27)26(18(14)10-20(15)31-4)11-17-19(30-3)6-5-7-24-17;1-7-5-8(12)6-13-9(7)14-10(15)16-11(2,3)4/h7-14H,15H2,1-6H3,(H,33,36);6-13H,14H2,1-5H3,(H2,30,32)(H,33,36);5-10H,11H2,1-4H3,(H,28,29);5-6H,12H2,1-4H3,(H,13,14,15). The van der Waals surface area contributed by atoms with Crippen molar-refractivity contribution in [2.75, 3.05) is 70.1 Å². The molecule has 35 heteroatoms. The van der Waals surface area contributed by atoms with Gasteiger partial charge in [-0.3, -0.25) is 49.2 Å². The fourth-order valence-electron chi connectivity index (χ4n) is 14.4. The number of nitrogens with one attached hydrogen (secondary N) is 3. The van der Waals surface area contributed by atoms with Crippen LogP contribution in [0.3, 0.4) is 0 Å². The van der Waals surface area contributed by atoms with Crippen molar-refractivity contribution in [1.82, 2.24) is 59.1 Å². The summed E-state index contributed by atoms with van der Waals surface area (Å²) in [5, 5.41) is 31.8. The first-order valence-electron chi connectivity index (χ1n) is 39.8. The van der Waals surface area contributed by atoms with Crippen LogP contribution in [0.4, 0.5) is 33.5 Å². The summed E-state index contributed by atoms with van der Waals surface area (Å²) < 4.78 is 58.9. The van der Waals surface area contributed by atoms with E-state index in [9.17, 15) is 38.7 Å². The molecule has 15 rings (SSSR count). The topological polar surface area (TPSA) is 463 Å². The summed E-state index contributed by atoms with van der Waals surface area (Å²) >= 11 is 0. The van der Waals surface area contributed by atoms with Crippen molar-refractivity contribution in [3.05, 3.63) is 268 Å². The molecule has 660 valence electrons. The number of anilines is 5. The molecule has 0 unspecified atom stereocenters. The molecule has 3 amide bonds. The van der Waals surface area contributed by atoms with Crippen LogP contribution in [0.25, 0.3) is 66.1 Å². The molecule has 0 aliphatic rings. The van der Waals surface area contributed by atoms with Crippen molar-refractivity contribution in [3.8, 4) is 67.9 Å². The molecule has 0 saturated heterocycles. The molecule has 0 aliphatic heterocycles. The number of benzene rings is 3. The zero-order chi connectivity index (χ0) is 92.4. The largest absolute Gasteiger partial charge is 0.496 e. The van der Waals surface area contributed by atoms with E-state index in [1.165, 1.54) is 53.5 Å². The van der Waals surface area contributed by atoms with Crippen LogP contribution in [-0.2, 0) is 24.4 Å². The predicted octanol–water partition coefficient (Wildman–Crippen LogP) is 15.0. The second-order valence-corrected chi connectivity index (χ2v) is 30.6. The maximum absolute atomic E-state index is 13.9. The molecule has 12 aromatic heterocycles. The number of aromatic carboxylic acids is 1. The van der Waals surface area contributed by atoms with Crippen molar-refractivity contribution in [1.29, 1.82) is 0 Å². The number of methoxy groups -OCH3 is 6. The molecule has 0 atom stereocenters. The Hall–Kier alpha value is -16.1. The van der Waals surface area contributed by atoms with E-state index in [1.54, 1.807) is 166 Å². The van der Waals surface area contributed by atoms with Gasteiger partial charge in [0.05, 0.1) is 148 Å². The maximum Gasteiger partial charge on any atom is 0.413 e. The number of ether oxygens (including phenoxy) is 7. The van der Waals surface area contributed by atoms with Gasteiger partial charge in [-0.15, -0.1) is 0 Å². The van der Waals surface area contributed by atoms with E-state index in [0.717, 1.165) is 44.6 Å². The second kappa shape index (κ2) is 38.8. The SMILES string of the molecule is COc1cc2c(cc1-c1c(C)noc1C)cc(C(=O)Nc1cnc(C)c(C)c1)c(=O)n2Cc1ncccc1OC.COc1cc2c(cc1-c1c(C)noc1C)cc(C(=O)Nc1cnc(N)c(C)c1)c(=O)n2Cc1ncccc1OC.COc1cc2c(cc1-c1c(C)noc1C)cc(C(=O)O)c(=O)n2Cc1ncccc1OC.Cc1cc(N)cnc1NC(=O)OC(C)(C)C. The summed E-state index contributed by atoms with van der Waals surface area (Å²) in [6.45, 7) is 23.9. The third-order valence-electron chi connectivity index (χ3n) is 20.7. The lowest BCUT2D eigenvalue weighted by molar-refractivity contribution is 0.0632. The molecule has 0 bridgehead atoms. The molecule has 3 aromatic carbocycles. The number of fused-ring (bicyclic) bond motifs is 3. The molecule has 0 aliphatic carbocycles. The minimum atomic E-state index is -1.31. The van der Waals surface area contributed by atoms with E-state index in [-0.39, 0.29) is 36.3 Å². The van der Waals surface area contributed by atoms with E-state index in [4.69, 9.17) is 58.2 Å². The highest BCUT2D eigenvalue weighted by molar-refractivity contribution is 6.08. The van der Waals surface area contributed by atoms with Crippen molar-refractivity contribution in [2.45, 2.75) is 115 Å². The second-order valence-electron chi connectivity index (χ2n) is 30.6. The molecule has 12 heterocycles. The van der Waals surface area contributed by atoms with Gasteiger partial charge in [0.25, 0.3) is 28.5 Å². The lowest BCUT2D eigenvalue weighted by Gasteiger charge is -2.19. The predicted molar refractivity (Wildman–Crippen MR) is 482 cm³/mol. The van der Waals surface area contributed by atoms with Crippen LogP contribution < -0.4 is 72.5 Å². The fourth-order valence-corrected chi connectivity index (χ4v) is 14.4. The fraction of sp³-hybridized carbons (Fsp3) is 0.247. The number of hydrogen-bond acceptors (Lipinski definition) is 28. The number of hydrogen-bond donors (Lipinski definition) is 6. The number of amides is 3. The highest BCUT2D eigenvalue weighted by atomic mass is 16.6. The molecule has 128 heavy (non-hydrogen) atoms. The van der Waals surface area contributed by atoms with E-state index >= 15 is 0 Å². The Morgan fingerprint density at radius 2 is 0.773 bits per heavy atom. The highest BCUT2D eigenvalue weighted by Crippen LogP contribution is 2.42. The number of nitrogens with zero attached hydrogens (tertiary/aromatic N) is 12. The van der Waals surface area contributed by atoms with Crippen molar-refractivity contribution >= 4 is 85.3 Å². The van der Waals surface area contributed by atoms with Gasteiger partial charge in [-0.1, -0.05) is 15.5 Å². The molecule has 0 fully saturated rings. The van der Waals surface area contributed by atoms with Crippen LogP contribution in [0.5, 0.6) is 34.5 Å². The smallest absolute Gasteiger partial charge is 0.413 e. The summed E-state index contributed by atoms with van der Waals surface area (Å²) in [6.07, 6.45) is 8.81. The maximum atomic E-state index is 13.9. The number of nitrogen functional groups attached to an aromatic ring is 2. The molecule has 15 aromatic rings. The number of rotatable bonds is 21. The first-order valence-corrected chi connectivity index (χ1v) is 39.8. The molecular formula is C93H95N17O18. The minimum absolute atomic E-state index is 0.0221. The van der Waals surface area contributed by atoms with Gasteiger partial charge in [0.1, 0.15) is 103 Å². The van der Waals surface area contributed by atoms with Crippen molar-refractivity contribution in [3.63, 3.8) is 0 Å². The average Bonchev–Trinajstić information content (AvgIpc) is 1.17. The van der Waals surface area contributed by atoms with Gasteiger partial charge >= 0.3 is 12.1 Å². The third-order valence-corrected chi connectivity index (χ3v) is 20.7. The van der Waals surface area contributed by atoms with Gasteiger partial charge in [-0.05, 0) is 198 Å². The van der Waals surface area contributed by atoms with Crippen LogP contribution in [0, 0.1) is 69.2 Å². The Morgan fingerprint density at radius 1 is 0.414 bits per heavy atom. The summed E-state index contributed by atoms with van der Waals surface area (Å²) in [6, 6.07) is 31.0. The molecular weight excluding hydrogens is 1640 g/mol. The van der Waals surface area contributed by atoms with Gasteiger partial charge in [-0.2, -0.15) is 0 Å². The van der Waals surface area contributed by atoms with Crippen LogP contribution in [-0.4, -0.2) is 136 Å². The van der Waals surface area contributed by atoms with E-state index in [1.807, 2.05) is 73.6 Å². The first-order chi connectivity index (χ1) is 61.0. The monoisotopic (exact) mass is 1740 g/mol. The molecule has 0 spiro atoms. The number of carbonyl (C=O) groups is 4. The van der Waals surface area contributed by atoms with E-state index in [0.29, 0.717) is 158 Å². The Balaban J connectivity index is 0.000000161. The van der Waals surface area contributed by atoms with Gasteiger partial charge in [0.2, 0.25) is 0 Å². The summed E-state index contributed by atoms with van der Waals surface area (Å²) in [5.41, 5.74) is 23.2. The number of carboxylic acid groups (broad SMARTS) is 1. The lowest BCUT2D eigenvalue weighted by atomic mass is 9.99. The average molecular weight is 1740 g/mol. The number of pyridine rings is 9. The lowest BCUT2D eigenvalue weighted by Crippen LogP contribution is -2.30. The molecule has 8 N–H and O–H groups in total. The Bertz CT molecular complexity index is 6670. The number of aryl methyl sites for hydroxylation is 10. The number of carboxylic acids is 1. The Morgan fingerprint density at radius 3 is 1.10 bits per heavy atom. The molecule has 0 saturated carbocycles. The van der Waals surface area contributed by atoms with Crippen molar-refractivity contribution in [2.24, 2.45) is 0 Å². The number of carbonyl (C=O) groups excluding carboxylic acids is 3. The summed E-state index contributed by atoms with van der Waals surface area (Å²) in [5.74, 6) is 3.29. The van der Waals surface area contributed by atoms with Crippen molar-refractivity contribution < 1.29 is 71.0 Å². The summed E-state index contributed by atoms with van der Waals surface area (Å²) in [7, 11) is 9.23. The number of nitrogens with two attached hydrogens (primary N) is 2. The van der Waals surface area contributed by atoms with Gasteiger partial charge in [-0.25, -0.2) is 19.6 Å². The normalized spacial score (nSPS) is 11.0. The Kier molecular flexibility index (Phi) is 27.6. The van der Waals surface area contributed by atoms with Crippen LogP contribution in [0.2, 0.25) is 0 Å². The third kappa shape index (κ3) is 19.9. The Labute approximate surface area is 733 Å². The quantitative estimate of drug-likeness (QED) is 0.0389. The van der Waals surface area contributed by atoms with Crippen LogP contribution in [0.1, 0.15) is 126 Å². The zero-order valence-corrected chi connectivity index (χ0v) is 73.9. The summed E-state index contributed by atoms with van der Waals surface area (Å²) in [4.78, 5) is 117. The first kappa shape index (κ1) is 91.1. The van der Waals surface area contributed by atoms with Gasteiger partial charge in [0, 0.05) is 75.3 Å². The highest BCUT2D eigenvalue weighted by Gasteiger charge is 2.28. The van der Waals surface area contributed by atoms with Crippen LogP contribution >= 0.6 is 0 Å². The molecule has 0 radical (unpaired) electrons. The van der Waals surface area contributed by atoms with E-state index in [2.05, 4.69) is 61.3 Å². The minimum Gasteiger partial charge on any atom is -0.496 e. The van der Waals surface area contributed by atoms with Gasteiger partial charge in [0.15, 0.2) is 0 Å². The molecule has 35 nitrogen and oxygen atoms in total. The van der Waals surface area contributed by atoms with E-state index < -0.39 is 46.2 Å². The van der Waals surface area contributed by atoms with Crippen LogP contribution in [0.15, 0.2) is 174 Å². The van der Waals surface area contributed by atoms with Gasteiger partial charge < -0.3 is 87.6 Å². The number of aromatic nitrogens is 12.